The molecule has 0 spiro atoms. The molecule has 0 heterocycles. The third kappa shape index (κ3) is 2.54. The summed E-state index contributed by atoms with van der Waals surface area (Å²) in [5, 5.41) is 17.6. The number of benzene rings is 1. The van der Waals surface area contributed by atoms with Crippen molar-refractivity contribution in [1.82, 2.24) is 0 Å². The van der Waals surface area contributed by atoms with Crippen LogP contribution in [-0.4, -0.2) is 27.6 Å². The highest BCUT2D eigenvalue weighted by Crippen LogP contribution is 2.15. The maximum Gasteiger partial charge on any atom is 0.336 e. The minimum atomic E-state index is -1.21. The quantitative estimate of drug-likeness (QED) is 0.773. The zero-order valence-electron chi connectivity index (χ0n) is 8.15. The van der Waals surface area contributed by atoms with Gasteiger partial charge in [-0.1, -0.05) is 19.1 Å². The van der Waals surface area contributed by atoms with Gasteiger partial charge in [0.05, 0.1) is 11.1 Å². The highest BCUT2D eigenvalue weighted by molar-refractivity contribution is 6.02. The molecule has 4 N–H and O–H groups in total. The van der Waals surface area contributed by atoms with Gasteiger partial charge in [-0.25, -0.2) is 9.59 Å². The van der Waals surface area contributed by atoms with Crippen LogP contribution < -0.4 is 0 Å². The van der Waals surface area contributed by atoms with Crippen LogP contribution in [-0.2, 0) is 6.42 Å². The second-order valence-electron chi connectivity index (χ2n) is 2.80. The van der Waals surface area contributed by atoms with E-state index in [0.717, 1.165) is 0 Å². The molecule has 5 nitrogen and oxygen atoms in total. The lowest BCUT2D eigenvalue weighted by Crippen LogP contribution is -2.10. The van der Waals surface area contributed by atoms with E-state index in [1.165, 1.54) is 6.07 Å². The van der Waals surface area contributed by atoms with Crippen LogP contribution in [0.4, 0.5) is 0 Å². The van der Waals surface area contributed by atoms with Crippen molar-refractivity contribution in [3.8, 4) is 0 Å². The summed E-state index contributed by atoms with van der Waals surface area (Å²) >= 11 is 0. The Labute approximate surface area is 86.3 Å². The number of hydrogen-bond acceptors (Lipinski definition) is 2. The van der Waals surface area contributed by atoms with E-state index in [9.17, 15) is 9.59 Å². The Bertz CT molecular complexity index is 383. The standard InChI is InChI=1S/C10H10O4.H2O/c1-2-6-4-3-5-7(9(11)12)8(6)10(13)14;/h3-5H,2H2,1H3,(H,11,12)(H,13,14);1H2. The summed E-state index contributed by atoms with van der Waals surface area (Å²) in [6.45, 7) is 1.79. The lowest BCUT2D eigenvalue weighted by Gasteiger charge is -2.06. The molecule has 5 heteroatoms. The van der Waals surface area contributed by atoms with Crippen LogP contribution in [0.3, 0.4) is 0 Å². The van der Waals surface area contributed by atoms with Gasteiger partial charge < -0.3 is 15.7 Å². The lowest BCUT2D eigenvalue weighted by molar-refractivity contribution is 0.0650. The van der Waals surface area contributed by atoms with Crippen LogP contribution in [0.5, 0.6) is 0 Å². The van der Waals surface area contributed by atoms with Crippen LogP contribution >= 0.6 is 0 Å². The molecule has 0 bridgehead atoms. The summed E-state index contributed by atoms with van der Waals surface area (Å²) < 4.78 is 0. The molecular weight excluding hydrogens is 200 g/mol. The molecule has 0 radical (unpaired) electrons. The Morgan fingerprint density at radius 2 is 1.80 bits per heavy atom. The first kappa shape index (κ1) is 13.1. The van der Waals surface area contributed by atoms with E-state index in [2.05, 4.69) is 0 Å². The van der Waals surface area contributed by atoms with Crippen LogP contribution in [0, 0.1) is 0 Å². The van der Waals surface area contributed by atoms with Crippen LogP contribution in [0.2, 0.25) is 0 Å². The molecule has 0 saturated carbocycles. The minimum Gasteiger partial charge on any atom is -0.478 e. The molecular formula is C10H12O5. The van der Waals surface area contributed by atoms with E-state index in [0.29, 0.717) is 12.0 Å². The zero-order chi connectivity index (χ0) is 10.7. The van der Waals surface area contributed by atoms with Crippen molar-refractivity contribution in [1.29, 1.82) is 0 Å². The average Bonchev–Trinajstić information content (AvgIpc) is 2.16. The Balaban J connectivity index is 0.00000196. The van der Waals surface area contributed by atoms with E-state index in [4.69, 9.17) is 10.2 Å². The largest absolute Gasteiger partial charge is 0.478 e. The fraction of sp³-hybridized carbons (Fsp3) is 0.200. The maximum atomic E-state index is 10.8. The molecule has 0 aromatic heterocycles. The van der Waals surface area contributed by atoms with Gasteiger partial charge in [-0.2, -0.15) is 0 Å². The monoisotopic (exact) mass is 212 g/mol. The van der Waals surface area contributed by atoms with Crippen LogP contribution in [0.25, 0.3) is 0 Å². The predicted octanol–water partition coefficient (Wildman–Crippen LogP) is 0.821. The predicted molar refractivity (Wildman–Crippen MR) is 53.4 cm³/mol. The van der Waals surface area contributed by atoms with Crippen molar-refractivity contribution < 1.29 is 25.3 Å². The molecule has 0 aliphatic carbocycles. The number of rotatable bonds is 3. The summed E-state index contributed by atoms with van der Waals surface area (Å²) in [7, 11) is 0. The van der Waals surface area contributed by atoms with E-state index in [1.54, 1.807) is 19.1 Å². The fourth-order valence-corrected chi connectivity index (χ4v) is 1.33. The smallest absolute Gasteiger partial charge is 0.336 e. The molecule has 0 atom stereocenters. The molecule has 1 rings (SSSR count). The van der Waals surface area contributed by atoms with Gasteiger partial charge in [0.1, 0.15) is 0 Å². The van der Waals surface area contributed by atoms with Gasteiger partial charge in [0.15, 0.2) is 0 Å². The molecule has 0 fully saturated rings. The van der Waals surface area contributed by atoms with E-state index < -0.39 is 11.9 Å². The first-order valence-corrected chi connectivity index (χ1v) is 4.16. The minimum absolute atomic E-state index is 0. The third-order valence-electron chi connectivity index (χ3n) is 1.98. The first-order valence-electron chi connectivity index (χ1n) is 4.16. The summed E-state index contributed by atoms with van der Waals surface area (Å²) in [6, 6.07) is 4.47. The first-order chi connectivity index (χ1) is 6.57. The van der Waals surface area contributed by atoms with E-state index in [1.807, 2.05) is 0 Å². The molecule has 1 aromatic carbocycles. The molecule has 82 valence electrons. The SMILES string of the molecule is CCc1cccc(C(=O)O)c1C(=O)O.O. The normalized spacial score (nSPS) is 9.13. The fourth-order valence-electron chi connectivity index (χ4n) is 1.33. The van der Waals surface area contributed by atoms with Crippen LogP contribution in [0.15, 0.2) is 18.2 Å². The number of aryl methyl sites for hydroxylation is 1. The summed E-state index contributed by atoms with van der Waals surface area (Å²) in [6.07, 6.45) is 0.503. The van der Waals surface area contributed by atoms with Crippen molar-refractivity contribution in [2.24, 2.45) is 0 Å². The van der Waals surface area contributed by atoms with E-state index >= 15 is 0 Å². The molecule has 1 aromatic rings. The second kappa shape index (κ2) is 5.11. The van der Waals surface area contributed by atoms with Gasteiger partial charge in [-0.05, 0) is 18.1 Å². The third-order valence-corrected chi connectivity index (χ3v) is 1.98. The Morgan fingerprint density at radius 3 is 2.20 bits per heavy atom. The van der Waals surface area contributed by atoms with Gasteiger partial charge in [-0.3, -0.25) is 0 Å². The summed E-state index contributed by atoms with van der Waals surface area (Å²) in [4.78, 5) is 21.6. The second-order valence-corrected chi connectivity index (χ2v) is 2.80. The van der Waals surface area contributed by atoms with Crippen molar-refractivity contribution in [3.63, 3.8) is 0 Å². The van der Waals surface area contributed by atoms with Gasteiger partial charge in [0.2, 0.25) is 0 Å². The van der Waals surface area contributed by atoms with Gasteiger partial charge in [0, 0.05) is 0 Å². The molecule has 0 saturated heterocycles. The van der Waals surface area contributed by atoms with Crippen molar-refractivity contribution in [2.75, 3.05) is 0 Å². The number of carboxylic acids is 2. The molecule has 15 heavy (non-hydrogen) atoms. The Morgan fingerprint density at radius 1 is 1.20 bits per heavy atom. The van der Waals surface area contributed by atoms with Gasteiger partial charge in [0.25, 0.3) is 0 Å². The zero-order valence-corrected chi connectivity index (χ0v) is 8.15. The molecule has 0 aliphatic heterocycles. The molecule has 0 amide bonds. The van der Waals surface area contributed by atoms with Gasteiger partial charge in [-0.15, -0.1) is 0 Å². The summed E-state index contributed by atoms with van der Waals surface area (Å²) in [5.41, 5.74) is 0.275. The number of hydrogen-bond donors (Lipinski definition) is 2. The number of aromatic carboxylic acids is 2. The van der Waals surface area contributed by atoms with Gasteiger partial charge >= 0.3 is 11.9 Å². The molecule has 0 unspecified atom stereocenters. The Kier molecular flexibility index (Phi) is 4.47. The molecule has 0 aliphatic rings. The topological polar surface area (TPSA) is 106 Å². The lowest BCUT2D eigenvalue weighted by atomic mass is 9.99. The maximum absolute atomic E-state index is 10.8. The van der Waals surface area contributed by atoms with Crippen molar-refractivity contribution in [3.05, 3.63) is 34.9 Å². The highest BCUT2D eigenvalue weighted by Gasteiger charge is 2.18. The van der Waals surface area contributed by atoms with Crippen molar-refractivity contribution in [2.45, 2.75) is 13.3 Å². The highest BCUT2D eigenvalue weighted by atomic mass is 16.4. The Hall–Kier alpha value is -1.88. The van der Waals surface area contributed by atoms with E-state index in [-0.39, 0.29) is 16.6 Å². The number of carbonyl (C=O) groups is 2. The number of carboxylic acid groups (broad SMARTS) is 2. The average molecular weight is 212 g/mol. The van der Waals surface area contributed by atoms with Crippen LogP contribution in [0.1, 0.15) is 33.2 Å². The summed E-state index contributed by atoms with van der Waals surface area (Å²) in [5.74, 6) is -2.41. The van der Waals surface area contributed by atoms with Crippen molar-refractivity contribution >= 4 is 11.9 Å².